The second kappa shape index (κ2) is 12.7. The van der Waals surface area contributed by atoms with Crippen LogP contribution in [0, 0.1) is 0 Å². The fourth-order valence-corrected chi connectivity index (χ4v) is 4.78. The normalized spacial score (nSPS) is 18.6. The lowest BCUT2D eigenvalue weighted by Crippen LogP contribution is -2.51. The molecule has 0 saturated carbocycles. The van der Waals surface area contributed by atoms with Crippen LogP contribution in [0.2, 0.25) is 0 Å². The van der Waals surface area contributed by atoms with Crippen molar-refractivity contribution in [3.63, 3.8) is 0 Å². The van der Waals surface area contributed by atoms with Crippen molar-refractivity contribution in [2.24, 2.45) is 4.99 Å². The zero-order chi connectivity index (χ0) is 28.8. The number of alkyl halides is 3. The molecule has 40 heavy (non-hydrogen) atoms. The van der Waals surface area contributed by atoms with Crippen LogP contribution in [-0.4, -0.2) is 55.5 Å². The van der Waals surface area contributed by atoms with Gasteiger partial charge >= 0.3 is 6.18 Å². The Bertz CT molecular complexity index is 1350. The predicted octanol–water partition coefficient (Wildman–Crippen LogP) is 5.40. The van der Waals surface area contributed by atoms with Crippen molar-refractivity contribution in [3.8, 4) is 11.5 Å². The summed E-state index contributed by atoms with van der Waals surface area (Å²) in [6, 6.07) is 20.7. The van der Waals surface area contributed by atoms with Crippen molar-refractivity contribution in [3.05, 3.63) is 94.0 Å². The molecular weight excluding hydrogens is 593 g/mol. The number of benzene rings is 3. The molecule has 3 aromatic rings. The van der Waals surface area contributed by atoms with Crippen LogP contribution in [0.1, 0.15) is 29.2 Å². The molecule has 0 fully saturated rings. The van der Waals surface area contributed by atoms with Gasteiger partial charge in [-0.15, -0.1) is 0 Å². The van der Waals surface area contributed by atoms with E-state index in [1.54, 1.807) is 72.8 Å². The molecule has 0 bridgehead atoms. The molecule has 7 nitrogen and oxygen atoms in total. The Morgan fingerprint density at radius 2 is 1.85 bits per heavy atom. The average Bonchev–Trinajstić information content (AvgIpc) is 3.33. The van der Waals surface area contributed by atoms with Gasteiger partial charge in [0.2, 0.25) is 5.90 Å². The molecule has 1 amide bonds. The first kappa shape index (κ1) is 29.4. The van der Waals surface area contributed by atoms with Gasteiger partial charge in [-0.05, 0) is 53.6 Å². The Balaban J connectivity index is 1.81. The predicted molar refractivity (Wildman–Crippen MR) is 147 cm³/mol. The number of aliphatic hydroxyl groups excluding tert-OH is 1. The monoisotopic (exact) mass is 620 g/mol. The van der Waals surface area contributed by atoms with E-state index in [-0.39, 0.29) is 18.9 Å². The van der Waals surface area contributed by atoms with E-state index in [4.69, 9.17) is 24.3 Å². The molecule has 2 N–H and O–H groups in total. The Morgan fingerprint density at radius 3 is 2.52 bits per heavy atom. The van der Waals surface area contributed by atoms with E-state index in [1.165, 1.54) is 7.11 Å². The van der Waals surface area contributed by atoms with Crippen molar-refractivity contribution in [1.29, 1.82) is 0 Å². The van der Waals surface area contributed by atoms with Crippen LogP contribution in [0.4, 0.5) is 13.2 Å². The molecule has 0 radical (unpaired) electrons. The van der Waals surface area contributed by atoms with Gasteiger partial charge in [0, 0.05) is 29.5 Å². The van der Waals surface area contributed by atoms with Crippen LogP contribution >= 0.6 is 15.9 Å². The van der Waals surface area contributed by atoms with E-state index in [0.717, 1.165) is 0 Å². The van der Waals surface area contributed by atoms with Crippen LogP contribution in [-0.2, 0) is 16.0 Å². The highest BCUT2D eigenvalue weighted by Gasteiger charge is 2.54. The number of carbonyl (C=O) groups is 1. The first-order valence-electron chi connectivity index (χ1n) is 12.5. The van der Waals surface area contributed by atoms with Gasteiger partial charge in [0.15, 0.2) is 11.6 Å². The first-order chi connectivity index (χ1) is 19.1. The summed E-state index contributed by atoms with van der Waals surface area (Å²) in [5.74, 6) is 0.225. The minimum Gasteiger partial charge on any atom is -0.497 e. The number of aliphatic hydroxyl groups is 1. The molecule has 3 aromatic carbocycles. The third-order valence-electron chi connectivity index (χ3n) is 6.29. The summed E-state index contributed by atoms with van der Waals surface area (Å²) in [6.07, 6.45) is -5.26. The number of hydrogen-bond donors (Lipinski definition) is 2. The van der Waals surface area contributed by atoms with Gasteiger partial charge in [-0.2, -0.15) is 13.2 Å². The molecule has 0 saturated heterocycles. The lowest BCUT2D eigenvalue weighted by Gasteiger charge is -2.31. The van der Waals surface area contributed by atoms with Crippen molar-refractivity contribution in [1.82, 2.24) is 5.32 Å². The number of rotatable bonds is 11. The zero-order valence-corrected chi connectivity index (χ0v) is 23.2. The molecule has 0 aromatic heterocycles. The number of nitrogens with one attached hydrogen (secondary N) is 1. The number of halogens is 4. The second-order valence-corrected chi connectivity index (χ2v) is 9.99. The molecule has 2 atom stereocenters. The minimum absolute atomic E-state index is 0.00437. The standard InChI is InChI=1S/C29H28BrF3N2O5/c1-38-23-8-4-7-20(16-23)25-28(27(37)34-18-29(31,32)33,17-21-6-2-3-9-24(21)30)35-26(40-25)19-10-12-22(13-11-19)39-15-5-14-36/h2-4,6-13,16,25,36H,5,14-15,17-18H2,1H3,(H,34,37)/t25-,28-/m1/s1. The fourth-order valence-electron chi connectivity index (χ4n) is 4.35. The SMILES string of the molecule is COc1cccc([C@H]2OC(c3ccc(OCCCO)cc3)=N[C@@]2(Cc2ccccc2Br)C(=O)NCC(F)(F)F)c1. The van der Waals surface area contributed by atoms with Crippen molar-refractivity contribution in [2.75, 3.05) is 26.9 Å². The fraction of sp³-hybridized carbons (Fsp3) is 0.310. The minimum atomic E-state index is -4.62. The average molecular weight is 621 g/mol. The lowest BCUT2D eigenvalue weighted by molar-refractivity contribution is -0.143. The summed E-state index contributed by atoms with van der Waals surface area (Å²) in [5.41, 5.74) is -0.0947. The zero-order valence-electron chi connectivity index (χ0n) is 21.6. The summed E-state index contributed by atoms with van der Waals surface area (Å²) in [7, 11) is 1.49. The van der Waals surface area contributed by atoms with Crippen LogP contribution in [0.5, 0.6) is 11.5 Å². The van der Waals surface area contributed by atoms with Crippen molar-refractivity contribution in [2.45, 2.75) is 30.7 Å². The molecule has 1 heterocycles. The van der Waals surface area contributed by atoms with Gasteiger partial charge in [-0.25, -0.2) is 4.99 Å². The third kappa shape index (κ3) is 6.95. The number of nitrogens with zero attached hydrogens (tertiary/aromatic N) is 1. The van der Waals surface area contributed by atoms with Crippen molar-refractivity contribution < 1.29 is 37.3 Å². The van der Waals surface area contributed by atoms with Crippen LogP contribution in [0.15, 0.2) is 82.3 Å². The largest absolute Gasteiger partial charge is 0.497 e. The molecular formula is C29H28BrF3N2O5. The Labute approximate surface area is 238 Å². The summed E-state index contributed by atoms with van der Waals surface area (Å²) >= 11 is 3.49. The van der Waals surface area contributed by atoms with Gasteiger partial charge in [0.05, 0.1) is 13.7 Å². The van der Waals surface area contributed by atoms with E-state index < -0.39 is 30.3 Å². The second-order valence-electron chi connectivity index (χ2n) is 9.13. The van der Waals surface area contributed by atoms with Gasteiger partial charge in [-0.3, -0.25) is 4.79 Å². The van der Waals surface area contributed by atoms with Crippen molar-refractivity contribution >= 4 is 27.7 Å². The number of amides is 1. The number of carbonyl (C=O) groups excluding carboxylic acids is 1. The molecule has 0 spiro atoms. The Hall–Kier alpha value is -3.57. The summed E-state index contributed by atoms with van der Waals surface area (Å²) in [4.78, 5) is 18.5. The summed E-state index contributed by atoms with van der Waals surface area (Å²) in [5, 5.41) is 11.0. The highest BCUT2D eigenvalue weighted by Crippen LogP contribution is 2.44. The Kier molecular flexibility index (Phi) is 9.36. The van der Waals surface area contributed by atoms with Gasteiger partial charge < -0.3 is 24.6 Å². The number of methoxy groups -OCH3 is 1. The first-order valence-corrected chi connectivity index (χ1v) is 13.3. The van der Waals surface area contributed by atoms with E-state index >= 15 is 0 Å². The van der Waals surface area contributed by atoms with Crippen LogP contribution in [0.3, 0.4) is 0 Å². The van der Waals surface area contributed by atoms with E-state index in [2.05, 4.69) is 15.9 Å². The molecule has 212 valence electrons. The van der Waals surface area contributed by atoms with Crippen LogP contribution < -0.4 is 14.8 Å². The molecule has 0 unspecified atom stereocenters. The maximum atomic E-state index is 13.8. The van der Waals surface area contributed by atoms with Gasteiger partial charge in [0.1, 0.15) is 18.0 Å². The lowest BCUT2D eigenvalue weighted by atomic mass is 9.82. The maximum absolute atomic E-state index is 13.8. The van der Waals surface area contributed by atoms with Gasteiger partial charge in [-0.1, -0.05) is 46.3 Å². The van der Waals surface area contributed by atoms with Crippen LogP contribution in [0.25, 0.3) is 0 Å². The highest BCUT2D eigenvalue weighted by molar-refractivity contribution is 9.10. The number of aliphatic imine (C=N–C) groups is 1. The Morgan fingerprint density at radius 1 is 1.10 bits per heavy atom. The van der Waals surface area contributed by atoms with Gasteiger partial charge in [0.25, 0.3) is 5.91 Å². The molecule has 0 aliphatic carbocycles. The highest BCUT2D eigenvalue weighted by atomic mass is 79.9. The molecule has 4 rings (SSSR count). The quantitative estimate of drug-likeness (QED) is 0.280. The topological polar surface area (TPSA) is 89.4 Å². The number of ether oxygens (including phenoxy) is 3. The molecule has 11 heteroatoms. The molecule has 1 aliphatic heterocycles. The third-order valence-corrected chi connectivity index (χ3v) is 7.07. The van der Waals surface area contributed by atoms with E-state index in [1.807, 2.05) is 5.32 Å². The maximum Gasteiger partial charge on any atom is 0.405 e. The number of hydrogen-bond acceptors (Lipinski definition) is 6. The van der Waals surface area contributed by atoms with E-state index in [0.29, 0.717) is 45.7 Å². The van der Waals surface area contributed by atoms with E-state index in [9.17, 15) is 18.0 Å². The smallest absolute Gasteiger partial charge is 0.405 e. The molecule has 1 aliphatic rings. The summed E-state index contributed by atoms with van der Waals surface area (Å²) in [6.45, 7) is -1.18. The summed E-state index contributed by atoms with van der Waals surface area (Å²) < 4.78 is 57.5.